The molecule has 0 bridgehead atoms. The van der Waals surface area contributed by atoms with Gasteiger partial charge in [-0.3, -0.25) is 4.79 Å². The quantitative estimate of drug-likeness (QED) is 0.827. The first-order valence-electron chi connectivity index (χ1n) is 6.91. The number of ketones is 1. The minimum atomic E-state index is 0.141. The van der Waals surface area contributed by atoms with Crippen molar-refractivity contribution in [1.82, 2.24) is 5.32 Å². The van der Waals surface area contributed by atoms with E-state index in [1.807, 2.05) is 19.1 Å². The van der Waals surface area contributed by atoms with Gasteiger partial charge in [0.2, 0.25) is 0 Å². The minimum Gasteiger partial charge on any atom is -0.486 e. The number of Topliss-reactive ketones (excluding diaryl/α,β-unsaturated/α-hetero) is 1. The molecule has 0 radical (unpaired) electrons. The summed E-state index contributed by atoms with van der Waals surface area (Å²) >= 11 is 0. The molecule has 1 aromatic carbocycles. The van der Waals surface area contributed by atoms with E-state index in [0.29, 0.717) is 19.0 Å². The molecule has 2 aliphatic rings. The van der Waals surface area contributed by atoms with E-state index < -0.39 is 0 Å². The van der Waals surface area contributed by atoms with Gasteiger partial charge in [-0.05, 0) is 50.6 Å². The van der Waals surface area contributed by atoms with E-state index in [2.05, 4.69) is 5.32 Å². The van der Waals surface area contributed by atoms with Crippen LogP contribution in [0.5, 0.6) is 11.5 Å². The van der Waals surface area contributed by atoms with Crippen molar-refractivity contribution in [1.29, 1.82) is 0 Å². The van der Waals surface area contributed by atoms with Crippen LogP contribution in [-0.4, -0.2) is 32.1 Å². The van der Waals surface area contributed by atoms with Gasteiger partial charge in [0.15, 0.2) is 17.3 Å². The molecule has 4 heteroatoms. The Hall–Kier alpha value is -1.55. The van der Waals surface area contributed by atoms with Crippen molar-refractivity contribution in [3.8, 4) is 11.5 Å². The summed E-state index contributed by atoms with van der Waals surface area (Å²) in [7, 11) is 0. The fourth-order valence-corrected chi connectivity index (χ4v) is 2.76. The van der Waals surface area contributed by atoms with Crippen molar-refractivity contribution in [2.24, 2.45) is 5.92 Å². The third-order valence-corrected chi connectivity index (χ3v) is 3.86. The van der Waals surface area contributed by atoms with E-state index in [0.717, 1.165) is 42.8 Å². The smallest absolute Gasteiger partial charge is 0.166 e. The summed E-state index contributed by atoms with van der Waals surface area (Å²) in [5.74, 6) is 1.85. The zero-order valence-corrected chi connectivity index (χ0v) is 11.2. The van der Waals surface area contributed by atoms with E-state index >= 15 is 0 Å². The summed E-state index contributed by atoms with van der Waals surface area (Å²) in [5.41, 5.74) is 1.77. The molecule has 0 unspecified atom stereocenters. The Balaban J connectivity index is 1.89. The highest BCUT2D eigenvalue weighted by Crippen LogP contribution is 2.34. The first-order valence-corrected chi connectivity index (χ1v) is 6.91. The van der Waals surface area contributed by atoms with Gasteiger partial charge in [-0.2, -0.15) is 0 Å². The number of ether oxygens (including phenoxy) is 2. The summed E-state index contributed by atoms with van der Waals surface area (Å²) in [5, 5.41) is 3.29. The van der Waals surface area contributed by atoms with Crippen LogP contribution in [0.4, 0.5) is 0 Å². The van der Waals surface area contributed by atoms with Gasteiger partial charge in [-0.25, -0.2) is 0 Å². The van der Waals surface area contributed by atoms with Crippen molar-refractivity contribution in [3.63, 3.8) is 0 Å². The molecule has 1 saturated heterocycles. The Bertz CT molecular complexity index is 492. The van der Waals surface area contributed by atoms with Crippen LogP contribution in [0.2, 0.25) is 0 Å². The molecule has 4 nitrogen and oxygen atoms in total. The van der Waals surface area contributed by atoms with Crippen LogP contribution in [0.1, 0.15) is 28.8 Å². The summed E-state index contributed by atoms with van der Waals surface area (Å²) in [6.45, 7) is 4.96. The van der Waals surface area contributed by atoms with Crippen molar-refractivity contribution in [2.45, 2.75) is 19.8 Å². The van der Waals surface area contributed by atoms with Crippen LogP contribution in [0.3, 0.4) is 0 Å². The molecule has 0 spiro atoms. The third-order valence-electron chi connectivity index (χ3n) is 3.86. The molecule has 19 heavy (non-hydrogen) atoms. The monoisotopic (exact) mass is 261 g/mol. The molecule has 2 heterocycles. The van der Waals surface area contributed by atoms with Crippen LogP contribution >= 0.6 is 0 Å². The summed E-state index contributed by atoms with van der Waals surface area (Å²) < 4.78 is 11.1. The molecule has 1 N–H and O–H groups in total. The van der Waals surface area contributed by atoms with Gasteiger partial charge in [0.25, 0.3) is 0 Å². The number of hydrogen-bond donors (Lipinski definition) is 1. The fraction of sp³-hybridized carbons (Fsp3) is 0.533. The summed E-state index contributed by atoms with van der Waals surface area (Å²) in [6, 6.07) is 3.77. The van der Waals surface area contributed by atoms with Crippen molar-refractivity contribution >= 4 is 5.78 Å². The number of nitrogens with one attached hydrogen (secondary N) is 1. The second-order valence-corrected chi connectivity index (χ2v) is 5.20. The lowest BCUT2D eigenvalue weighted by Crippen LogP contribution is -2.32. The number of hydrogen-bond acceptors (Lipinski definition) is 4. The maximum atomic E-state index is 12.6. The minimum absolute atomic E-state index is 0.141. The van der Waals surface area contributed by atoms with Crippen LogP contribution in [-0.2, 0) is 0 Å². The first kappa shape index (κ1) is 12.5. The van der Waals surface area contributed by atoms with E-state index in [1.54, 1.807) is 0 Å². The molecule has 102 valence electrons. The average Bonchev–Trinajstić information content (AvgIpc) is 2.47. The summed E-state index contributed by atoms with van der Waals surface area (Å²) in [4.78, 5) is 12.6. The predicted molar refractivity (Wildman–Crippen MR) is 72.1 cm³/mol. The molecular weight excluding hydrogens is 242 g/mol. The highest BCUT2D eigenvalue weighted by Gasteiger charge is 2.25. The number of carbonyl (C=O) groups is 1. The Kier molecular flexibility index (Phi) is 3.42. The Morgan fingerprint density at radius 1 is 1.16 bits per heavy atom. The number of aryl methyl sites for hydroxylation is 1. The molecule has 1 aromatic rings. The maximum absolute atomic E-state index is 12.6. The third kappa shape index (κ3) is 2.45. The summed E-state index contributed by atoms with van der Waals surface area (Å²) in [6.07, 6.45) is 1.85. The lowest BCUT2D eigenvalue weighted by Gasteiger charge is -2.24. The Morgan fingerprint density at radius 3 is 2.47 bits per heavy atom. The largest absolute Gasteiger partial charge is 0.486 e. The number of piperidine rings is 1. The standard InChI is InChI=1S/C15H19NO3/c1-10-8-13-14(19-7-6-18-13)9-12(10)15(17)11-2-4-16-5-3-11/h8-9,11,16H,2-7H2,1H3. The van der Waals surface area contributed by atoms with E-state index in [-0.39, 0.29) is 11.7 Å². The lowest BCUT2D eigenvalue weighted by atomic mass is 9.88. The number of fused-ring (bicyclic) bond motifs is 1. The second-order valence-electron chi connectivity index (χ2n) is 5.20. The number of rotatable bonds is 2. The van der Waals surface area contributed by atoms with E-state index in [1.165, 1.54) is 0 Å². The molecule has 2 aliphatic heterocycles. The van der Waals surface area contributed by atoms with Gasteiger partial charge in [-0.1, -0.05) is 0 Å². The van der Waals surface area contributed by atoms with Crippen LogP contribution in [0, 0.1) is 12.8 Å². The van der Waals surface area contributed by atoms with Gasteiger partial charge >= 0.3 is 0 Å². The molecule has 0 saturated carbocycles. The van der Waals surface area contributed by atoms with Crippen molar-refractivity contribution in [3.05, 3.63) is 23.3 Å². The lowest BCUT2D eigenvalue weighted by molar-refractivity contribution is 0.0893. The fourth-order valence-electron chi connectivity index (χ4n) is 2.76. The maximum Gasteiger partial charge on any atom is 0.166 e. The van der Waals surface area contributed by atoms with E-state index in [9.17, 15) is 4.79 Å². The molecule has 0 aromatic heterocycles. The van der Waals surface area contributed by atoms with Gasteiger partial charge < -0.3 is 14.8 Å². The normalized spacial score (nSPS) is 19.2. The molecule has 1 fully saturated rings. The number of benzene rings is 1. The molecule has 0 atom stereocenters. The van der Waals surface area contributed by atoms with Gasteiger partial charge in [0.1, 0.15) is 13.2 Å². The first-order chi connectivity index (χ1) is 9.25. The molecule has 3 rings (SSSR count). The highest BCUT2D eigenvalue weighted by atomic mass is 16.6. The van der Waals surface area contributed by atoms with Gasteiger partial charge in [0, 0.05) is 11.5 Å². The van der Waals surface area contributed by atoms with Crippen molar-refractivity contribution in [2.75, 3.05) is 26.3 Å². The van der Waals surface area contributed by atoms with Crippen LogP contribution in [0.15, 0.2) is 12.1 Å². The number of carbonyl (C=O) groups excluding carboxylic acids is 1. The zero-order valence-electron chi connectivity index (χ0n) is 11.2. The SMILES string of the molecule is Cc1cc2c(cc1C(=O)C1CCNCC1)OCCO2. The van der Waals surface area contributed by atoms with Crippen molar-refractivity contribution < 1.29 is 14.3 Å². The zero-order chi connectivity index (χ0) is 13.2. The molecule has 0 aliphatic carbocycles. The Morgan fingerprint density at radius 2 is 1.79 bits per heavy atom. The molecule has 0 amide bonds. The van der Waals surface area contributed by atoms with Gasteiger partial charge in [0.05, 0.1) is 0 Å². The Labute approximate surface area is 113 Å². The van der Waals surface area contributed by atoms with Crippen LogP contribution < -0.4 is 14.8 Å². The van der Waals surface area contributed by atoms with Crippen LogP contribution in [0.25, 0.3) is 0 Å². The predicted octanol–water partition coefficient (Wildman–Crippen LogP) is 1.95. The topological polar surface area (TPSA) is 47.6 Å². The molecular formula is C15H19NO3. The van der Waals surface area contributed by atoms with E-state index in [4.69, 9.17) is 9.47 Å². The average molecular weight is 261 g/mol. The highest BCUT2D eigenvalue weighted by molar-refractivity contribution is 5.99. The van der Waals surface area contributed by atoms with Gasteiger partial charge in [-0.15, -0.1) is 0 Å². The second kappa shape index (κ2) is 5.21.